The van der Waals surface area contributed by atoms with Gasteiger partial charge >= 0.3 is 0 Å². The van der Waals surface area contributed by atoms with Crippen LogP contribution in [-0.4, -0.2) is 21.0 Å². The van der Waals surface area contributed by atoms with Crippen LogP contribution < -0.4 is 5.32 Å². The molecule has 174 valence electrons. The van der Waals surface area contributed by atoms with Gasteiger partial charge in [-0.3, -0.25) is 14.9 Å². The van der Waals surface area contributed by atoms with Crippen molar-refractivity contribution in [3.8, 4) is 0 Å². The number of nitrogens with one attached hydrogen (secondary N) is 1. The summed E-state index contributed by atoms with van der Waals surface area (Å²) in [7, 11) is 0. The molecule has 1 fully saturated rings. The van der Waals surface area contributed by atoms with Crippen LogP contribution in [0.1, 0.15) is 11.1 Å². The van der Waals surface area contributed by atoms with Crippen molar-refractivity contribution in [1.82, 2.24) is 10.3 Å². The highest BCUT2D eigenvalue weighted by molar-refractivity contribution is 8.18. The molecule has 5 rings (SSSR count). The molecule has 1 saturated heterocycles. The minimum absolute atomic E-state index is 0.0580. The van der Waals surface area contributed by atoms with Crippen LogP contribution in [0.2, 0.25) is 5.02 Å². The topological polar surface area (TPSA) is 97.5 Å². The van der Waals surface area contributed by atoms with E-state index in [2.05, 4.69) is 15.3 Å². The molecular weight excluding hydrogens is 524 g/mol. The summed E-state index contributed by atoms with van der Waals surface area (Å²) in [4.78, 5) is 33.9. The van der Waals surface area contributed by atoms with E-state index in [0.717, 1.165) is 25.0 Å². The number of benzene rings is 3. The van der Waals surface area contributed by atoms with Gasteiger partial charge in [0.05, 0.1) is 25.7 Å². The lowest BCUT2D eigenvalue weighted by atomic mass is 10.2. The largest absolute Gasteiger partial charge is 0.300 e. The normalized spacial score (nSPS) is 15.8. The lowest BCUT2D eigenvalue weighted by Crippen LogP contribution is -2.19. The fraction of sp³-hybridized carbons (Fsp3) is 0.0417. The number of amidine groups is 1. The van der Waals surface area contributed by atoms with Crippen LogP contribution in [0.4, 0.5) is 11.4 Å². The van der Waals surface area contributed by atoms with Crippen molar-refractivity contribution in [2.45, 2.75) is 16.2 Å². The molecule has 1 aromatic heterocycles. The van der Waals surface area contributed by atoms with Crippen LogP contribution in [0.15, 0.2) is 79.8 Å². The van der Waals surface area contributed by atoms with E-state index < -0.39 is 4.92 Å². The molecule has 0 unspecified atom stereocenters. The zero-order chi connectivity index (χ0) is 24.5. The summed E-state index contributed by atoms with van der Waals surface area (Å²) in [5.74, 6) is -0.323. The molecule has 1 N–H and O–H groups in total. The molecule has 0 atom stereocenters. The zero-order valence-corrected chi connectivity index (χ0v) is 21.2. The minimum atomic E-state index is -0.454. The number of aromatic nitrogens is 1. The first-order valence-corrected chi connectivity index (χ1v) is 13.1. The van der Waals surface area contributed by atoms with Crippen molar-refractivity contribution >= 4 is 85.2 Å². The number of nitro benzene ring substituents is 1. The van der Waals surface area contributed by atoms with Crippen LogP contribution in [0, 0.1) is 17.0 Å². The maximum atomic E-state index is 12.7. The van der Waals surface area contributed by atoms with Crippen LogP contribution >= 0.6 is 46.5 Å². The van der Waals surface area contributed by atoms with Crippen molar-refractivity contribution in [2.75, 3.05) is 0 Å². The molecule has 35 heavy (non-hydrogen) atoms. The fourth-order valence-electron chi connectivity index (χ4n) is 3.28. The number of non-ortho nitro benzene ring substituents is 1. The predicted molar refractivity (Wildman–Crippen MR) is 144 cm³/mol. The van der Waals surface area contributed by atoms with E-state index in [9.17, 15) is 14.9 Å². The van der Waals surface area contributed by atoms with Gasteiger partial charge in [0, 0.05) is 22.1 Å². The van der Waals surface area contributed by atoms with E-state index in [1.165, 1.54) is 35.7 Å². The van der Waals surface area contributed by atoms with E-state index in [-0.39, 0.29) is 11.6 Å². The number of amides is 1. The molecule has 0 spiro atoms. The SMILES string of the molecule is Cc1ccc(Cl)cc1N=C1NC(=O)/C(=C/c2cc([N+](=O)[O-])ccc2Sc2nc3ccccc3s2)S1. The molecule has 2 heterocycles. The summed E-state index contributed by atoms with van der Waals surface area (Å²) in [6.07, 6.45) is 1.65. The monoisotopic (exact) mass is 538 g/mol. The first-order valence-electron chi connectivity index (χ1n) is 10.2. The third-order valence-corrected chi connectivity index (χ3v) is 8.34. The Morgan fingerprint density at radius 1 is 1.17 bits per heavy atom. The maximum absolute atomic E-state index is 12.7. The van der Waals surface area contributed by atoms with Gasteiger partial charge in [-0.1, -0.05) is 41.6 Å². The molecule has 1 aliphatic heterocycles. The number of nitro groups is 1. The Balaban J connectivity index is 1.49. The Morgan fingerprint density at radius 3 is 2.80 bits per heavy atom. The summed E-state index contributed by atoms with van der Waals surface area (Å²) >= 11 is 10.2. The van der Waals surface area contributed by atoms with Crippen LogP contribution in [0.3, 0.4) is 0 Å². The van der Waals surface area contributed by atoms with E-state index >= 15 is 0 Å². The van der Waals surface area contributed by atoms with Crippen LogP contribution in [0.25, 0.3) is 16.3 Å². The van der Waals surface area contributed by atoms with Crippen molar-refractivity contribution in [2.24, 2.45) is 4.99 Å². The molecular formula is C24H15ClN4O3S3. The number of halogens is 1. The van der Waals surface area contributed by atoms with Gasteiger partial charge in [0.2, 0.25) is 0 Å². The molecule has 11 heteroatoms. The molecule has 0 bridgehead atoms. The number of fused-ring (bicyclic) bond motifs is 1. The Labute approximate surface area is 217 Å². The van der Waals surface area contributed by atoms with Crippen LogP contribution in [-0.2, 0) is 4.79 Å². The second-order valence-electron chi connectivity index (χ2n) is 7.44. The summed E-state index contributed by atoms with van der Waals surface area (Å²) in [6, 6.07) is 17.8. The molecule has 4 aromatic rings. The van der Waals surface area contributed by atoms with E-state index in [0.29, 0.717) is 26.3 Å². The molecule has 0 saturated carbocycles. The summed E-state index contributed by atoms with van der Waals surface area (Å²) in [6.45, 7) is 1.91. The second-order valence-corrected chi connectivity index (χ2v) is 11.2. The van der Waals surface area contributed by atoms with Gasteiger partial charge in [0.1, 0.15) is 0 Å². The van der Waals surface area contributed by atoms with Gasteiger partial charge in [-0.15, -0.1) is 11.3 Å². The average Bonchev–Trinajstić information content (AvgIpc) is 3.39. The van der Waals surface area contributed by atoms with Crippen molar-refractivity contribution < 1.29 is 9.72 Å². The zero-order valence-electron chi connectivity index (χ0n) is 18.0. The minimum Gasteiger partial charge on any atom is -0.300 e. The number of carbonyl (C=O) groups is 1. The molecule has 1 aliphatic rings. The molecule has 0 radical (unpaired) electrons. The van der Waals surface area contributed by atoms with Crippen molar-refractivity contribution in [1.29, 1.82) is 0 Å². The number of para-hydroxylation sites is 1. The first-order chi connectivity index (χ1) is 16.9. The Kier molecular flexibility index (Phi) is 6.61. The summed E-state index contributed by atoms with van der Waals surface area (Å²) in [5.41, 5.74) is 2.97. The van der Waals surface area contributed by atoms with E-state index in [1.807, 2.05) is 37.3 Å². The second kappa shape index (κ2) is 9.82. The highest BCUT2D eigenvalue weighted by atomic mass is 35.5. The number of nitrogens with zero attached hydrogens (tertiary/aromatic N) is 3. The van der Waals surface area contributed by atoms with Gasteiger partial charge in [0.25, 0.3) is 11.6 Å². The lowest BCUT2D eigenvalue weighted by Gasteiger charge is -2.04. The quantitative estimate of drug-likeness (QED) is 0.164. The number of hydrogen-bond acceptors (Lipinski definition) is 8. The Morgan fingerprint density at radius 2 is 2.00 bits per heavy atom. The third kappa shape index (κ3) is 5.25. The number of aliphatic imine (C=N–C) groups is 1. The number of carbonyl (C=O) groups excluding carboxylic acids is 1. The van der Waals surface area contributed by atoms with Gasteiger partial charge in [-0.05, 0) is 66.2 Å². The number of thiazole rings is 1. The smallest absolute Gasteiger partial charge is 0.270 e. The summed E-state index contributed by atoms with van der Waals surface area (Å²) < 4.78 is 1.86. The predicted octanol–water partition coefficient (Wildman–Crippen LogP) is 7.21. The number of hydrogen-bond donors (Lipinski definition) is 1. The summed E-state index contributed by atoms with van der Waals surface area (Å²) in [5, 5.41) is 15.1. The van der Waals surface area contributed by atoms with Crippen LogP contribution in [0.5, 0.6) is 0 Å². The van der Waals surface area contributed by atoms with Crippen molar-refractivity contribution in [3.63, 3.8) is 0 Å². The Hall–Kier alpha value is -3.18. The first kappa shape index (κ1) is 23.6. The van der Waals surface area contributed by atoms with Gasteiger partial charge in [0.15, 0.2) is 9.51 Å². The Bertz CT molecular complexity index is 1530. The highest BCUT2D eigenvalue weighted by Crippen LogP contribution is 2.39. The van der Waals surface area contributed by atoms with Crippen molar-refractivity contribution in [3.05, 3.63) is 91.8 Å². The number of thioether (sulfide) groups is 1. The average molecular weight is 539 g/mol. The number of aryl methyl sites for hydroxylation is 1. The lowest BCUT2D eigenvalue weighted by molar-refractivity contribution is -0.384. The standard InChI is InChI=1S/C24H15ClN4O3S3/c1-13-6-7-15(25)12-18(13)26-23-28-22(30)21(33-23)11-14-10-16(29(31)32)8-9-19(14)34-24-27-17-4-2-3-5-20(17)35-24/h2-12H,1H3,(H,26,28,30)/b21-11-. The van der Waals surface area contributed by atoms with E-state index in [1.54, 1.807) is 35.6 Å². The molecule has 3 aromatic carbocycles. The van der Waals surface area contributed by atoms with Gasteiger partial charge in [-0.25, -0.2) is 9.98 Å². The maximum Gasteiger partial charge on any atom is 0.270 e. The fourth-order valence-corrected chi connectivity index (χ4v) is 6.38. The number of rotatable bonds is 5. The van der Waals surface area contributed by atoms with Gasteiger partial charge in [-0.2, -0.15) is 0 Å². The van der Waals surface area contributed by atoms with E-state index in [4.69, 9.17) is 11.6 Å². The van der Waals surface area contributed by atoms with Gasteiger partial charge < -0.3 is 5.32 Å². The third-order valence-electron chi connectivity index (χ3n) is 5.01. The molecule has 7 nitrogen and oxygen atoms in total. The highest BCUT2D eigenvalue weighted by Gasteiger charge is 2.25. The molecule has 0 aliphatic carbocycles. The molecule has 1 amide bonds.